The number of carboxylic acids is 4. The lowest BCUT2D eigenvalue weighted by atomic mass is 10.1. The molecule has 0 saturated carbocycles. The van der Waals surface area contributed by atoms with Crippen molar-refractivity contribution in [2.45, 2.75) is 49.9 Å². The van der Waals surface area contributed by atoms with E-state index < -0.39 is 48.0 Å². The van der Waals surface area contributed by atoms with Crippen LogP contribution in [0, 0.1) is 0 Å². The van der Waals surface area contributed by atoms with Crippen LogP contribution in [0.1, 0.15) is 22.6 Å². The molecule has 1 aromatic carbocycles. The Morgan fingerprint density at radius 3 is 1.25 bits per heavy atom. The standard InChI is InChI=1S/C11H12N2O2.3C6H9N3O2/c12-9(11(14)15)5-7-6-13-10-4-2-1-3-8(7)10;3*7-5(6(10)11)1-4-2-8-3-9-4/h1-4,6,9,13H,5,12H2,(H,14,15);3*2-3,5H,1,7H2,(H,8,9)(H,10,11)/t9-;3*5-/m0000/s1. The van der Waals surface area contributed by atoms with Crippen LogP contribution in [-0.2, 0) is 44.9 Å². The third-order valence-corrected chi connectivity index (χ3v) is 6.37. The van der Waals surface area contributed by atoms with Gasteiger partial charge in [-0.15, -0.1) is 0 Å². The van der Waals surface area contributed by atoms with Gasteiger partial charge in [0.15, 0.2) is 0 Å². The molecule has 4 aromatic heterocycles. The van der Waals surface area contributed by atoms with Gasteiger partial charge in [-0.25, -0.2) is 15.0 Å². The number of aromatic amines is 4. The molecule has 4 heterocycles. The molecule has 0 fully saturated rings. The van der Waals surface area contributed by atoms with E-state index in [9.17, 15) is 19.2 Å². The summed E-state index contributed by atoms with van der Waals surface area (Å²) in [5, 5.41) is 35.0. The summed E-state index contributed by atoms with van der Waals surface area (Å²) in [6, 6.07) is 4.36. The molecule has 0 saturated heterocycles. The van der Waals surface area contributed by atoms with Crippen molar-refractivity contribution < 1.29 is 39.6 Å². The number of benzene rings is 1. The first-order valence-corrected chi connectivity index (χ1v) is 14.2. The highest BCUT2D eigenvalue weighted by molar-refractivity contribution is 5.84. The number of hydrogen-bond acceptors (Lipinski definition) is 11. The number of nitrogens with two attached hydrogens (primary N) is 4. The van der Waals surface area contributed by atoms with Gasteiger partial charge in [-0.1, -0.05) is 18.2 Å². The van der Waals surface area contributed by atoms with Gasteiger partial charge < -0.3 is 63.3 Å². The monoisotopic (exact) mass is 669 g/mol. The summed E-state index contributed by atoms with van der Waals surface area (Å²) < 4.78 is 0. The number of H-pyrrole nitrogens is 4. The average Bonchev–Trinajstić information content (AvgIpc) is 3.88. The molecule has 0 unspecified atom stereocenters. The van der Waals surface area contributed by atoms with E-state index >= 15 is 0 Å². The van der Waals surface area contributed by atoms with Crippen molar-refractivity contribution in [3.05, 3.63) is 90.7 Å². The van der Waals surface area contributed by atoms with Crippen LogP contribution < -0.4 is 22.9 Å². The van der Waals surface area contributed by atoms with Crippen LogP contribution in [0.4, 0.5) is 0 Å². The minimum absolute atomic E-state index is 0.287. The maximum Gasteiger partial charge on any atom is 0.320 e. The third kappa shape index (κ3) is 13.6. The number of imidazole rings is 3. The Bertz CT molecular complexity index is 1550. The lowest BCUT2D eigenvalue weighted by Gasteiger charge is -2.04. The third-order valence-electron chi connectivity index (χ3n) is 6.37. The summed E-state index contributed by atoms with van der Waals surface area (Å²) in [6.07, 6.45) is 12.2. The normalized spacial score (nSPS) is 12.8. The van der Waals surface area contributed by atoms with Gasteiger partial charge in [-0.3, -0.25) is 19.2 Å². The van der Waals surface area contributed by atoms with Crippen LogP contribution in [-0.4, -0.2) is 103 Å². The number of aromatic nitrogens is 7. The number of nitrogens with zero attached hydrogens (tertiary/aromatic N) is 3. The smallest absolute Gasteiger partial charge is 0.320 e. The summed E-state index contributed by atoms with van der Waals surface area (Å²) in [5.74, 6) is -3.97. The Hall–Kier alpha value is -5.89. The average molecular weight is 670 g/mol. The maximum absolute atomic E-state index is 10.6. The van der Waals surface area contributed by atoms with Crippen LogP contribution in [0.3, 0.4) is 0 Å². The summed E-state index contributed by atoms with van der Waals surface area (Å²) >= 11 is 0. The Morgan fingerprint density at radius 2 is 0.917 bits per heavy atom. The van der Waals surface area contributed by atoms with Gasteiger partial charge in [0.2, 0.25) is 0 Å². The van der Waals surface area contributed by atoms with Gasteiger partial charge in [0, 0.05) is 78.5 Å². The van der Waals surface area contributed by atoms with Gasteiger partial charge >= 0.3 is 23.9 Å². The van der Waals surface area contributed by atoms with E-state index in [0.29, 0.717) is 6.42 Å². The molecule has 258 valence electrons. The van der Waals surface area contributed by atoms with Crippen LogP contribution >= 0.6 is 0 Å². The minimum atomic E-state index is -1.00. The fourth-order valence-electron chi connectivity index (χ4n) is 3.79. The summed E-state index contributed by atoms with van der Waals surface area (Å²) in [6.45, 7) is 0. The quantitative estimate of drug-likeness (QED) is 0.0774. The molecule has 48 heavy (non-hydrogen) atoms. The zero-order valence-electron chi connectivity index (χ0n) is 25.6. The largest absolute Gasteiger partial charge is 0.480 e. The van der Waals surface area contributed by atoms with E-state index in [1.54, 1.807) is 18.6 Å². The summed E-state index contributed by atoms with van der Waals surface area (Å²) in [4.78, 5) is 64.0. The number of carbonyl (C=O) groups is 4. The van der Waals surface area contributed by atoms with Gasteiger partial charge in [-0.05, 0) is 11.6 Å². The second-order valence-electron chi connectivity index (χ2n) is 10.2. The van der Waals surface area contributed by atoms with Gasteiger partial charge in [0.25, 0.3) is 0 Å². The molecular formula is C29H39N11O8. The number of rotatable bonds is 12. The lowest BCUT2D eigenvalue weighted by molar-refractivity contribution is -0.139. The molecule has 4 atom stereocenters. The highest BCUT2D eigenvalue weighted by Crippen LogP contribution is 2.18. The highest BCUT2D eigenvalue weighted by Gasteiger charge is 2.15. The van der Waals surface area contributed by atoms with Crippen molar-refractivity contribution in [1.29, 1.82) is 0 Å². The zero-order valence-corrected chi connectivity index (χ0v) is 25.6. The van der Waals surface area contributed by atoms with E-state index in [1.807, 2.05) is 30.5 Å². The molecule has 19 heteroatoms. The number of carboxylic acid groups (broad SMARTS) is 4. The fourth-order valence-corrected chi connectivity index (χ4v) is 3.79. The summed E-state index contributed by atoms with van der Waals surface area (Å²) in [5.41, 5.74) is 25.4. The molecular weight excluding hydrogens is 630 g/mol. The number of hydrogen-bond donors (Lipinski definition) is 12. The number of fused-ring (bicyclic) bond motifs is 1. The van der Waals surface area contributed by atoms with Crippen molar-refractivity contribution in [3.8, 4) is 0 Å². The maximum atomic E-state index is 10.6. The Labute approximate surface area is 272 Å². The molecule has 0 amide bonds. The molecule has 0 aliphatic heterocycles. The molecule has 0 radical (unpaired) electrons. The van der Waals surface area contributed by atoms with Crippen LogP contribution in [0.25, 0.3) is 10.9 Å². The van der Waals surface area contributed by atoms with Gasteiger partial charge in [0.1, 0.15) is 24.2 Å². The van der Waals surface area contributed by atoms with E-state index in [4.69, 9.17) is 43.4 Å². The fraction of sp³-hybridized carbons (Fsp3) is 0.276. The number of aliphatic carboxylic acids is 4. The van der Waals surface area contributed by atoms with Crippen molar-refractivity contribution in [2.75, 3.05) is 0 Å². The molecule has 5 aromatic rings. The van der Waals surface area contributed by atoms with E-state index in [0.717, 1.165) is 33.5 Å². The van der Waals surface area contributed by atoms with Crippen LogP contribution in [0.15, 0.2) is 68.0 Å². The SMILES string of the molecule is N[C@@H](Cc1c[nH]c2ccccc12)C(=O)O.N[C@@H](Cc1cnc[nH]1)C(=O)O.N[C@@H](Cc1cnc[nH]1)C(=O)O.N[C@@H](Cc1cnc[nH]1)C(=O)O. The second kappa shape index (κ2) is 19.6. The van der Waals surface area contributed by atoms with Gasteiger partial charge in [0.05, 0.1) is 19.0 Å². The molecule has 19 nitrogen and oxygen atoms in total. The van der Waals surface area contributed by atoms with E-state index in [2.05, 4.69) is 34.9 Å². The first-order valence-electron chi connectivity index (χ1n) is 14.2. The Morgan fingerprint density at radius 1 is 0.562 bits per heavy atom. The first-order chi connectivity index (χ1) is 22.8. The van der Waals surface area contributed by atoms with E-state index in [1.165, 1.54) is 19.0 Å². The molecule has 0 spiro atoms. The Kier molecular flexibility index (Phi) is 15.6. The summed E-state index contributed by atoms with van der Waals surface area (Å²) in [7, 11) is 0. The van der Waals surface area contributed by atoms with Crippen molar-refractivity contribution in [3.63, 3.8) is 0 Å². The zero-order chi connectivity index (χ0) is 35.6. The molecule has 0 aliphatic rings. The molecule has 5 rings (SSSR count). The first kappa shape index (κ1) is 38.3. The Balaban J connectivity index is 0.000000225. The van der Waals surface area contributed by atoms with Gasteiger partial charge in [-0.2, -0.15) is 0 Å². The van der Waals surface area contributed by atoms with Crippen molar-refractivity contribution in [2.24, 2.45) is 22.9 Å². The number of nitrogens with one attached hydrogen (secondary N) is 4. The minimum Gasteiger partial charge on any atom is -0.480 e. The van der Waals surface area contributed by atoms with E-state index in [-0.39, 0.29) is 19.3 Å². The predicted octanol–water partition coefficient (Wildman–Crippen LogP) is -0.785. The highest BCUT2D eigenvalue weighted by atomic mass is 16.4. The van der Waals surface area contributed by atoms with Crippen molar-refractivity contribution in [1.82, 2.24) is 34.9 Å². The molecule has 16 N–H and O–H groups in total. The van der Waals surface area contributed by atoms with Crippen molar-refractivity contribution >= 4 is 34.8 Å². The number of para-hydroxylation sites is 1. The molecule has 0 bridgehead atoms. The predicted molar refractivity (Wildman–Crippen MR) is 171 cm³/mol. The van der Waals surface area contributed by atoms with Crippen LogP contribution in [0.5, 0.6) is 0 Å². The van der Waals surface area contributed by atoms with Crippen LogP contribution in [0.2, 0.25) is 0 Å². The second-order valence-corrected chi connectivity index (χ2v) is 10.2. The topological polar surface area (TPSA) is 355 Å². The molecule has 0 aliphatic carbocycles. The lowest BCUT2D eigenvalue weighted by Crippen LogP contribution is -2.32.